The molecular formula is C16H11N5O3. The number of nitrogens with zero attached hydrogens (tertiary/aromatic N) is 5. The van der Waals surface area contributed by atoms with Gasteiger partial charge in [0.2, 0.25) is 11.6 Å². The molecule has 3 aromatic heterocycles. The van der Waals surface area contributed by atoms with Crippen LogP contribution in [0.4, 0.5) is 0 Å². The third-order valence-electron chi connectivity index (χ3n) is 3.28. The van der Waals surface area contributed by atoms with Crippen molar-refractivity contribution in [2.24, 2.45) is 0 Å². The summed E-state index contributed by atoms with van der Waals surface area (Å²) in [5, 5.41) is 7.80. The number of rotatable bonds is 4. The summed E-state index contributed by atoms with van der Waals surface area (Å²) in [6, 6.07) is 12.7. The minimum absolute atomic E-state index is 0.142. The maximum absolute atomic E-state index is 5.20. The summed E-state index contributed by atoms with van der Waals surface area (Å²) >= 11 is 0. The molecule has 0 fully saturated rings. The van der Waals surface area contributed by atoms with E-state index < -0.39 is 0 Å². The van der Waals surface area contributed by atoms with Crippen LogP contribution < -0.4 is 4.74 Å². The Labute approximate surface area is 136 Å². The number of hydrogen-bond donors (Lipinski definition) is 0. The fourth-order valence-corrected chi connectivity index (χ4v) is 2.08. The first-order valence-electron chi connectivity index (χ1n) is 7.07. The van der Waals surface area contributed by atoms with Gasteiger partial charge in [0, 0.05) is 11.8 Å². The SMILES string of the molecule is COc1ccc(-c2noc(-c3nc(-c4ccccn4)no3)n2)cc1. The second-order valence-corrected chi connectivity index (χ2v) is 4.79. The fourth-order valence-electron chi connectivity index (χ4n) is 2.08. The molecule has 0 bridgehead atoms. The molecule has 0 aliphatic heterocycles. The lowest BCUT2D eigenvalue weighted by Gasteiger charge is -1.98. The predicted octanol–water partition coefficient (Wildman–Crippen LogP) is 2.86. The summed E-state index contributed by atoms with van der Waals surface area (Å²) < 4.78 is 15.5. The van der Waals surface area contributed by atoms with E-state index in [9.17, 15) is 0 Å². The van der Waals surface area contributed by atoms with Gasteiger partial charge in [-0.2, -0.15) is 9.97 Å². The highest BCUT2D eigenvalue weighted by Gasteiger charge is 2.18. The minimum Gasteiger partial charge on any atom is -0.497 e. The molecule has 8 heteroatoms. The van der Waals surface area contributed by atoms with E-state index in [1.54, 1.807) is 19.4 Å². The Morgan fingerprint density at radius 1 is 0.833 bits per heavy atom. The third kappa shape index (κ3) is 2.60. The van der Waals surface area contributed by atoms with E-state index in [1.165, 1.54) is 0 Å². The number of hydrogen-bond acceptors (Lipinski definition) is 8. The van der Waals surface area contributed by atoms with Crippen molar-refractivity contribution in [1.29, 1.82) is 0 Å². The monoisotopic (exact) mass is 321 g/mol. The van der Waals surface area contributed by atoms with Gasteiger partial charge in [0.1, 0.15) is 11.4 Å². The molecule has 0 radical (unpaired) electrons. The number of ether oxygens (including phenoxy) is 1. The molecule has 1 aromatic carbocycles. The molecule has 0 amide bonds. The largest absolute Gasteiger partial charge is 0.497 e. The lowest BCUT2D eigenvalue weighted by atomic mass is 10.2. The quantitative estimate of drug-likeness (QED) is 0.565. The summed E-state index contributed by atoms with van der Waals surface area (Å²) in [4.78, 5) is 12.7. The van der Waals surface area contributed by atoms with Crippen molar-refractivity contribution < 1.29 is 13.8 Å². The van der Waals surface area contributed by atoms with Gasteiger partial charge in [0.05, 0.1) is 7.11 Å². The molecule has 0 atom stereocenters. The van der Waals surface area contributed by atoms with Gasteiger partial charge in [-0.1, -0.05) is 16.4 Å². The van der Waals surface area contributed by atoms with E-state index >= 15 is 0 Å². The first-order chi connectivity index (χ1) is 11.8. The van der Waals surface area contributed by atoms with Crippen molar-refractivity contribution in [3.8, 4) is 40.4 Å². The maximum Gasteiger partial charge on any atom is 0.316 e. The molecule has 8 nitrogen and oxygen atoms in total. The van der Waals surface area contributed by atoms with E-state index in [2.05, 4.69) is 25.3 Å². The molecule has 0 N–H and O–H groups in total. The Kier molecular flexibility index (Phi) is 3.47. The number of pyridine rings is 1. The fraction of sp³-hybridized carbons (Fsp3) is 0.0625. The minimum atomic E-state index is 0.142. The molecule has 0 saturated carbocycles. The van der Waals surface area contributed by atoms with Crippen LogP contribution in [0.15, 0.2) is 57.7 Å². The van der Waals surface area contributed by atoms with Crippen LogP contribution in [0.2, 0.25) is 0 Å². The average Bonchev–Trinajstić information content (AvgIpc) is 3.32. The normalized spacial score (nSPS) is 10.7. The van der Waals surface area contributed by atoms with Gasteiger partial charge in [-0.25, -0.2) is 0 Å². The van der Waals surface area contributed by atoms with Crippen molar-refractivity contribution in [3.05, 3.63) is 48.7 Å². The molecule has 0 spiro atoms. The predicted molar refractivity (Wildman–Crippen MR) is 82.8 cm³/mol. The third-order valence-corrected chi connectivity index (χ3v) is 3.28. The van der Waals surface area contributed by atoms with Crippen LogP contribution in [-0.4, -0.2) is 32.4 Å². The Morgan fingerprint density at radius 3 is 2.21 bits per heavy atom. The molecular weight excluding hydrogens is 310 g/mol. The van der Waals surface area contributed by atoms with Crippen LogP contribution in [-0.2, 0) is 0 Å². The summed E-state index contributed by atoms with van der Waals surface area (Å²) in [7, 11) is 1.61. The smallest absolute Gasteiger partial charge is 0.316 e. The van der Waals surface area contributed by atoms with Crippen LogP contribution in [0.5, 0.6) is 5.75 Å². The van der Waals surface area contributed by atoms with Gasteiger partial charge in [-0.05, 0) is 36.4 Å². The Hall–Kier alpha value is -3.55. The van der Waals surface area contributed by atoms with Crippen molar-refractivity contribution in [2.75, 3.05) is 7.11 Å². The molecule has 118 valence electrons. The van der Waals surface area contributed by atoms with Gasteiger partial charge < -0.3 is 13.8 Å². The highest BCUT2D eigenvalue weighted by molar-refractivity contribution is 5.58. The van der Waals surface area contributed by atoms with Crippen LogP contribution in [0, 0.1) is 0 Å². The van der Waals surface area contributed by atoms with E-state index in [1.807, 2.05) is 36.4 Å². The van der Waals surface area contributed by atoms with Gasteiger partial charge in [-0.3, -0.25) is 4.98 Å². The Morgan fingerprint density at radius 2 is 1.54 bits per heavy atom. The van der Waals surface area contributed by atoms with E-state index in [-0.39, 0.29) is 11.8 Å². The van der Waals surface area contributed by atoms with Gasteiger partial charge in [0.25, 0.3) is 0 Å². The highest BCUT2D eigenvalue weighted by atomic mass is 16.5. The maximum atomic E-state index is 5.20. The topological polar surface area (TPSA) is 100.0 Å². The van der Waals surface area contributed by atoms with Crippen molar-refractivity contribution in [1.82, 2.24) is 25.3 Å². The zero-order valence-corrected chi connectivity index (χ0v) is 12.6. The van der Waals surface area contributed by atoms with Crippen LogP contribution in [0.3, 0.4) is 0 Å². The van der Waals surface area contributed by atoms with Crippen LogP contribution >= 0.6 is 0 Å². The van der Waals surface area contributed by atoms with Gasteiger partial charge in [0.15, 0.2) is 0 Å². The summed E-state index contributed by atoms with van der Waals surface area (Å²) in [5.74, 6) is 1.82. The van der Waals surface area contributed by atoms with E-state index in [0.717, 1.165) is 11.3 Å². The number of benzene rings is 1. The molecule has 0 saturated heterocycles. The molecule has 0 unspecified atom stereocenters. The highest BCUT2D eigenvalue weighted by Crippen LogP contribution is 2.24. The number of methoxy groups -OCH3 is 1. The van der Waals surface area contributed by atoms with E-state index in [0.29, 0.717) is 17.3 Å². The second-order valence-electron chi connectivity index (χ2n) is 4.79. The lowest BCUT2D eigenvalue weighted by Crippen LogP contribution is -1.85. The Bertz CT molecular complexity index is 947. The lowest BCUT2D eigenvalue weighted by molar-refractivity contribution is 0.383. The van der Waals surface area contributed by atoms with Crippen molar-refractivity contribution >= 4 is 0 Å². The van der Waals surface area contributed by atoms with Crippen molar-refractivity contribution in [2.45, 2.75) is 0 Å². The zero-order valence-electron chi connectivity index (χ0n) is 12.6. The second kappa shape index (κ2) is 5.92. The van der Waals surface area contributed by atoms with Gasteiger partial charge >= 0.3 is 11.8 Å². The number of aromatic nitrogens is 5. The Balaban J connectivity index is 1.62. The standard InChI is InChI=1S/C16H11N5O3/c1-22-11-7-5-10(6-8-11)13-18-15(23-20-13)16-19-14(21-24-16)12-4-2-3-9-17-12/h2-9H,1H3. The molecule has 3 heterocycles. The summed E-state index contributed by atoms with van der Waals surface area (Å²) in [6.45, 7) is 0. The molecule has 4 rings (SSSR count). The van der Waals surface area contributed by atoms with Gasteiger partial charge in [-0.15, -0.1) is 0 Å². The molecule has 0 aliphatic rings. The van der Waals surface area contributed by atoms with E-state index in [4.69, 9.17) is 13.8 Å². The first kappa shape index (κ1) is 14.1. The summed E-state index contributed by atoms with van der Waals surface area (Å²) in [5.41, 5.74) is 1.39. The van der Waals surface area contributed by atoms with Crippen LogP contribution in [0.1, 0.15) is 0 Å². The van der Waals surface area contributed by atoms with Crippen LogP contribution in [0.25, 0.3) is 34.7 Å². The molecule has 4 aromatic rings. The zero-order chi connectivity index (χ0) is 16.4. The molecule has 0 aliphatic carbocycles. The van der Waals surface area contributed by atoms with Crippen molar-refractivity contribution in [3.63, 3.8) is 0 Å². The first-order valence-corrected chi connectivity index (χ1v) is 7.07. The average molecular weight is 321 g/mol. The molecule has 24 heavy (non-hydrogen) atoms. The summed E-state index contributed by atoms with van der Waals surface area (Å²) in [6.07, 6.45) is 1.65.